The van der Waals surface area contributed by atoms with Crippen molar-refractivity contribution in [3.05, 3.63) is 66.8 Å². The molecular formula is C23H28O5. The van der Waals surface area contributed by atoms with Crippen molar-refractivity contribution in [2.75, 3.05) is 6.61 Å². The molecule has 0 amide bonds. The van der Waals surface area contributed by atoms with Gasteiger partial charge in [0, 0.05) is 6.42 Å². The van der Waals surface area contributed by atoms with Gasteiger partial charge in [-0.15, -0.1) is 0 Å². The summed E-state index contributed by atoms with van der Waals surface area (Å²) in [7, 11) is 0. The van der Waals surface area contributed by atoms with Crippen molar-refractivity contribution in [2.45, 2.75) is 44.5 Å². The predicted octanol–water partition coefficient (Wildman–Crippen LogP) is 2.58. The van der Waals surface area contributed by atoms with E-state index in [4.69, 9.17) is 4.74 Å². The van der Waals surface area contributed by atoms with Crippen LogP contribution in [0.3, 0.4) is 0 Å². The van der Waals surface area contributed by atoms with Gasteiger partial charge in [0.2, 0.25) is 0 Å². The molecule has 0 radical (unpaired) electrons. The molecule has 5 nitrogen and oxygen atoms in total. The number of ether oxygens (including phenoxy) is 1. The quantitative estimate of drug-likeness (QED) is 0.403. The van der Waals surface area contributed by atoms with E-state index in [1.807, 2.05) is 30.3 Å². The Balaban J connectivity index is 2.25. The maximum atomic E-state index is 10.8. The summed E-state index contributed by atoms with van der Waals surface area (Å²) in [4.78, 5) is 10.8. The molecule has 0 aliphatic rings. The Kier molecular flexibility index (Phi) is 12.0. The van der Waals surface area contributed by atoms with Crippen LogP contribution in [-0.4, -0.2) is 46.0 Å². The fourth-order valence-electron chi connectivity index (χ4n) is 2.15. The number of hydrogen-bond acceptors (Lipinski definition) is 5. The number of para-hydroxylation sites is 1. The SMILES string of the molecule is CC(=O)CCC[C@H](O)[C@H](O)/C=C/C=C/C#C/C=C/C(O)COc1ccccc1. The second-order valence-corrected chi connectivity index (χ2v) is 6.24. The number of aliphatic hydroxyl groups excluding tert-OH is 3. The van der Waals surface area contributed by atoms with Crippen LogP contribution in [0.1, 0.15) is 26.2 Å². The average Bonchev–Trinajstić information content (AvgIpc) is 2.68. The molecule has 28 heavy (non-hydrogen) atoms. The van der Waals surface area contributed by atoms with Crippen molar-refractivity contribution in [3.63, 3.8) is 0 Å². The lowest BCUT2D eigenvalue weighted by Gasteiger charge is -2.13. The molecule has 3 atom stereocenters. The molecule has 0 bridgehead atoms. The number of carbonyl (C=O) groups excluding carboxylic acids is 1. The van der Waals surface area contributed by atoms with E-state index in [0.717, 1.165) is 0 Å². The van der Waals surface area contributed by atoms with Crippen LogP contribution in [0.15, 0.2) is 66.8 Å². The molecule has 150 valence electrons. The van der Waals surface area contributed by atoms with Gasteiger partial charge in [-0.2, -0.15) is 0 Å². The Labute approximate surface area is 166 Å². The molecule has 0 aliphatic carbocycles. The maximum absolute atomic E-state index is 10.8. The summed E-state index contributed by atoms with van der Waals surface area (Å²) < 4.78 is 5.42. The van der Waals surface area contributed by atoms with Crippen LogP contribution in [0, 0.1) is 11.8 Å². The van der Waals surface area contributed by atoms with Crippen LogP contribution >= 0.6 is 0 Å². The average molecular weight is 384 g/mol. The van der Waals surface area contributed by atoms with Crippen LogP contribution in [0.2, 0.25) is 0 Å². The number of Topliss-reactive ketones (excluding diaryl/α,β-unsaturated/α-hetero) is 1. The van der Waals surface area contributed by atoms with Crippen LogP contribution in [-0.2, 0) is 4.79 Å². The highest BCUT2D eigenvalue weighted by Crippen LogP contribution is 2.08. The van der Waals surface area contributed by atoms with E-state index in [0.29, 0.717) is 25.0 Å². The van der Waals surface area contributed by atoms with Gasteiger partial charge in [-0.05, 0) is 50.1 Å². The van der Waals surface area contributed by atoms with Gasteiger partial charge >= 0.3 is 0 Å². The molecule has 0 heterocycles. The van der Waals surface area contributed by atoms with E-state index < -0.39 is 18.3 Å². The highest BCUT2D eigenvalue weighted by atomic mass is 16.5. The molecule has 0 aliphatic heterocycles. The maximum Gasteiger partial charge on any atom is 0.129 e. The minimum atomic E-state index is -0.982. The van der Waals surface area contributed by atoms with E-state index in [-0.39, 0.29) is 12.4 Å². The highest BCUT2D eigenvalue weighted by Gasteiger charge is 2.12. The third-order valence-corrected chi connectivity index (χ3v) is 3.67. The van der Waals surface area contributed by atoms with Crippen molar-refractivity contribution in [2.24, 2.45) is 0 Å². The van der Waals surface area contributed by atoms with E-state index in [1.54, 1.807) is 30.4 Å². The summed E-state index contributed by atoms with van der Waals surface area (Å²) in [5.41, 5.74) is 0. The second-order valence-electron chi connectivity index (χ2n) is 6.24. The van der Waals surface area contributed by atoms with Gasteiger partial charge in [0.25, 0.3) is 0 Å². The fraction of sp³-hybridized carbons (Fsp3) is 0.348. The zero-order valence-electron chi connectivity index (χ0n) is 16.1. The molecule has 0 spiro atoms. The van der Waals surface area contributed by atoms with Gasteiger partial charge in [-0.1, -0.05) is 48.3 Å². The number of carbonyl (C=O) groups is 1. The summed E-state index contributed by atoms with van der Waals surface area (Å²) in [5, 5.41) is 29.3. The minimum absolute atomic E-state index is 0.0732. The van der Waals surface area contributed by atoms with Crippen molar-refractivity contribution in [1.29, 1.82) is 0 Å². The number of aliphatic hydroxyl groups is 3. The lowest BCUT2D eigenvalue weighted by atomic mass is 10.1. The molecule has 1 unspecified atom stereocenters. The van der Waals surface area contributed by atoms with Crippen LogP contribution in [0.4, 0.5) is 0 Å². The second kappa shape index (κ2) is 14.4. The van der Waals surface area contributed by atoms with Crippen LogP contribution in [0.5, 0.6) is 5.75 Å². The Hall–Kier alpha value is -2.65. The zero-order valence-corrected chi connectivity index (χ0v) is 16.1. The van der Waals surface area contributed by atoms with E-state index in [1.165, 1.54) is 13.0 Å². The third-order valence-electron chi connectivity index (χ3n) is 3.67. The number of ketones is 1. The molecule has 5 heteroatoms. The first-order chi connectivity index (χ1) is 13.5. The van der Waals surface area contributed by atoms with Crippen molar-refractivity contribution >= 4 is 5.78 Å². The van der Waals surface area contributed by atoms with Gasteiger partial charge in [0.15, 0.2) is 0 Å². The molecule has 3 N–H and O–H groups in total. The van der Waals surface area contributed by atoms with Crippen molar-refractivity contribution in [1.82, 2.24) is 0 Å². The molecule has 0 fully saturated rings. The summed E-state index contributed by atoms with van der Waals surface area (Å²) >= 11 is 0. The van der Waals surface area contributed by atoms with Crippen molar-refractivity contribution in [3.8, 4) is 17.6 Å². The smallest absolute Gasteiger partial charge is 0.129 e. The summed E-state index contributed by atoms with van der Waals surface area (Å²) in [6.45, 7) is 1.65. The van der Waals surface area contributed by atoms with Crippen molar-refractivity contribution < 1.29 is 24.9 Å². The number of allylic oxidation sites excluding steroid dienone is 4. The predicted molar refractivity (Wildman–Crippen MR) is 110 cm³/mol. The highest BCUT2D eigenvalue weighted by molar-refractivity contribution is 5.75. The van der Waals surface area contributed by atoms with E-state index in [2.05, 4.69) is 11.8 Å². The summed E-state index contributed by atoms with van der Waals surface area (Å²) in [6, 6.07) is 9.24. The topological polar surface area (TPSA) is 87.0 Å². The molecule has 1 aromatic rings. The first kappa shape index (κ1) is 23.4. The largest absolute Gasteiger partial charge is 0.491 e. The Morgan fingerprint density at radius 2 is 1.79 bits per heavy atom. The minimum Gasteiger partial charge on any atom is -0.491 e. The normalized spacial score (nSPS) is 14.7. The van der Waals surface area contributed by atoms with E-state index in [9.17, 15) is 20.1 Å². The van der Waals surface area contributed by atoms with Gasteiger partial charge in [-0.25, -0.2) is 0 Å². The van der Waals surface area contributed by atoms with Crippen LogP contribution in [0.25, 0.3) is 0 Å². The monoisotopic (exact) mass is 384 g/mol. The molecule has 0 saturated heterocycles. The number of rotatable bonds is 11. The lowest BCUT2D eigenvalue weighted by molar-refractivity contribution is -0.117. The first-order valence-electron chi connectivity index (χ1n) is 9.21. The van der Waals surface area contributed by atoms with Gasteiger partial charge in [0.05, 0.1) is 12.2 Å². The number of hydrogen-bond donors (Lipinski definition) is 3. The number of benzene rings is 1. The summed E-state index contributed by atoms with van der Waals surface area (Å²) in [5.74, 6) is 6.28. The Morgan fingerprint density at radius 1 is 1.07 bits per heavy atom. The third kappa shape index (κ3) is 11.9. The summed E-state index contributed by atoms with van der Waals surface area (Å²) in [6.07, 6.45) is 8.08. The zero-order chi connectivity index (χ0) is 20.6. The van der Waals surface area contributed by atoms with Gasteiger partial charge in [-0.3, -0.25) is 0 Å². The van der Waals surface area contributed by atoms with E-state index >= 15 is 0 Å². The molecule has 0 saturated carbocycles. The molecular weight excluding hydrogens is 356 g/mol. The van der Waals surface area contributed by atoms with Gasteiger partial charge in [0.1, 0.15) is 24.2 Å². The lowest BCUT2D eigenvalue weighted by Crippen LogP contribution is -2.23. The Bertz CT molecular complexity index is 710. The fourth-order valence-corrected chi connectivity index (χ4v) is 2.15. The molecule has 1 rings (SSSR count). The molecule has 0 aromatic heterocycles. The first-order valence-corrected chi connectivity index (χ1v) is 9.21. The van der Waals surface area contributed by atoms with Crippen LogP contribution < -0.4 is 4.74 Å². The van der Waals surface area contributed by atoms with Gasteiger partial charge < -0.3 is 24.9 Å². The standard InChI is InChI=1S/C23H28O5/c1-19(24)12-11-17-23(27)22(26)16-10-5-3-2-4-7-13-20(25)18-28-21-14-8-6-9-15-21/h3,5-10,13-16,20,22-23,25-27H,11-12,17-18H2,1H3/b5-3+,13-7+,16-10+/t20?,22-,23+/m1/s1. The molecule has 1 aromatic carbocycles. The Morgan fingerprint density at radius 3 is 2.50 bits per heavy atom.